The molecule has 0 bridgehead atoms. The molecule has 1 atom stereocenters. The fourth-order valence-corrected chi connectivity index (χ4v) is 2.77. The van der Waals surface area contributed by atoms with Gasteiger partial charge in [-0.2, -0.15) is 10.5 Å². The van der Waals surface area contributed by atoms with Crippen LogP contribution in [0.1, 0.15) is 25.8 Å². The molecule has 1 unspecified atom stereocenters. The summed E-state index contributed by atoms with van der Waals surface area (Å²) in [6.45, 7) is 5.41. The van der Waals surface area contributed by atoms with Gasteiger partial charge in [-0.3, -0.25) is 0 Å². The number of hydrogen-bond acceptors (Lipinski definition) is 5. The lowest BCUT2D eigenvalue weighted by Crippen LogP contribution is -2.27. The third kappa shape index (κ3) is 5.61. The van der Waals surface area contributed by atoms with Crippen molar-refractivity contribution in [1.29, 1.82) is 10.5 Å². The normalized spacial score (nSPS) is 11.0. The zero-order chi connectivity index (χ0) is 20.4. The van der Waals surface area contributed by atoms with E-state index in [1.807, 2.05) is 60.7 Å². The van der Waals surface area contributed by atoms with Crippen LogP contribution in [0.2, 0.25) is 0 Å². The van der Waals surface area contributed by atoms with Crippen LogP contribution in [-0.4, -0.2) is 26.4 Å². The number of benzene rings is 2. The highest BCUT2D eigenvalue weighted by molar-refractivity contribution is 5.68. The predicted octanol–water partition coefficient (Wildman–Crippen LogP) is 5.08. The Morgan fingerprint density at radius 3 is 2.07 bits per heavy atom. The first-order valence-corrected chi connectivity index (χ1v) is 9.26. The molecule has 2 aromatic carbocycles. The maximum absolute atomic E-state index is 8.91. The Morgan fingerprint density at radius 1 is 1.00 bits per heavy atom. The van der Waals surface area contributed by atoms with Gasteiger partial charge < -0.3 is 14.4 Å². The van der Waals surface area contributed by atoms with Gasteiger partial charge in [-0.25, -0.2) is 0 Å². The SMILES string of the molecule is CCC(C)N(c1ccc(C=C(C#N)C#N)cc1)c1ccc(OCCOC)cc1. The number of hydrogen-bond donors (Lipinski definition) is 0. The molecular formula is C23H25N3O2. The van der Waals surface area contributed by atoms with Crippen LogP contribution in [0, 0.1) is 22.7 Å². The molecule has 0 aliphatic carbocycles. The summed E-state index contributed by atoms with van der Waals surface area (Å²) in [6.07, 6.45) is 2.57. The summed E-state index contributed by atoms with van der Waals surface area (Å²) in [5.74, 6) is 0.811. The van der Waals surface area contributed by atoms with Crippen LogP contribution < -0.4 is 9.64 Å². The van der Waals surface area contributed by atoms with Gasteiger partial charge >= 0.3 is 0 Å². The average Bonchev–Trinajstić information content (AvgIpc) is 2.74. The third-order valence-electron chi connectivity index (χ3n) is 4.43. The van der Waals surface area contributed by atoms with E-state index in [-0.39, 0.29) is 5.57 Å². The highest BCUT2D eigenvalue weighted by Gasteiger charge is 2.15. The topological polar surface area (TPSA) is 69.3 Å². The van der Waals surface area contributed by atoms with Gasteiger partial charge in [0.15, 0.2) is 0 Å². The second kappa shape index (κ2) is 10.8. The Morgan fingerprint density at radius 2 is 1.57 bits per heavy atom. The largest absolute Gasteiger partial charge is 0.491 e. The number of ether oxygens (including phenoxy) is 2. The fourth-order valence-electron chi connectivity index (χ4n) is 2.77. The lowest BCUT2D eigenvalue weighted by molar-refractivity contribution is 0.146. The molecule has 0 amide bonds. The van der Waals surface area contributed by atoms with Crippen molar-refractivity contribution in [2.75, 3.05) is 25.2 Å². The Labute approximate surface area is 167 Å². The van der Waals surface area contributed by atoms with Gasteiger partial charge in [-0.05, 0) is 61.4 Å². The first kappa shape index (κ1) is 21.0. The van der Waals surface area contributed by atoms with E-state index >= 15 is 0 Å². The number of anilines is 2. The molecule has 0 saturated carbocycles. The van der Waals surface area contributed by atoms with Crippen LogP contribution in [-0.2, 0) is 4.74 Å². The van der Waals surface area contributed by atoms with Gasteiger partial charge in [0.25, 0.3) is 0 Å². The van der Waals surface area contributed by atoms with Crippen LogP contribution in [0.25, 0.3) is 6.08 Å². The standard InChI is InChI=1S/C23H25N3O2/c1-4-18(2)26(22-9-11-23(12-10-22)28-14-13-27-3)21-7-5-19(6-8-21)15-20(16-24)17-25/h5-12,15,18H,4,13-14H2,1-3H3. The number of methoxy groups -OCH3 is 1. The molecule has 5 nitrogen and oxygen atoms in total. The van der Waals surface area contributed by atoms with Crippen LogP contribution in [0.15, 0.2) is 54.1 Å². The first-order valence-electron chi connectivity index (χ1n) is 9.26. The minimum Gasteiger partial charge on any atom is -0.491 e. The zero-order valence-corrected chi connectivity index (χ0v) is 16.6. The maximum atomic E-state index is 8.91. The van der Waals surface area contributed by atoms with Gasteiger partial charge in [0.2, 0.25) is 0 Å². The average molecular weight is 375 g/mol. The molecule has 0 aromatic heterocycles. The molecular weight excluding hydrogens is 350 g/mol. The molecule has 0 N–H and O–H groups in total. The third-order valence-corrected chi connectivity index (χ3v) is 4.43. The Hall–Kier alpha value is -3.28. The van der Waals surface area contributed by atoms with Crippen molar-refractivity contribution in [3.05, 3.63) is 59.7 Å². The highest BCUT2D eigenvalue weighted by atomic mass is 16.5. The van der Waals surface area contributed by atoms with E-state index in [4.69, 9.17) is 20.0 Å². The second-order valence-corrected chi connectivity index (χ2v) is 6.34. The van der Waals surface area contributed by atoms with Gasteiger partial charge in [0.05, 0.1) is 6.61 Å². The molecule has 2 aromatic rings. The fraction of sp³-hybridized carbons (Fsp3) is 0.304. The van der Waals surface area contributed by atoms with Crippen molar-refractivity contribution in [3.63, 3.8) is 0 Å². The van der Waals surface area contributed by atoms with Crippen LogP contribution in [0.4, 0.5) is 11.4 Å². The quantitative estimate of drug-likeness (QED) is 0.451. The van der Waals surface area contributed by atoms with Crippen LogP contribution >= 0.6 is 0 Å². The maximum Gasteiger partial charge on any atom is 0.130 e. The van der Waals surface area contributed by atoms with E-state index in [0.717, 1.165) is 29.1 Å². The molecule has 144 valence electrons. The molecule has 0 heterocycles. The van der Waals surface area contributed by atoms with Crippen molar-refractivity contribution in [2.24, 2.45) is 0 Å². The molecule has 0 fully saturated rings. The van der Waals surface area contributed by atoms with Gasteiger partial charge in [0, 0.05) is 24.5 Å². The first-order chi connectivity index (χ1) is 13.6. The van der Waals surface area contributed by atoms with E-state index < -0.39 is 0 Å². The van der Waals surface area contributed by atoms with Crippen molar-refractivity contribution >= 4 is 17.5 Å². The van der Waals surface area contributed by atoms with Crippen LogP contribution in [0.3, 0.4) is 0 Å². The Kier molecular flexibility index (Phi) is 8.09. The lowest BCUT2D eigenvalue weighted by Gasteiger charge is -2.31. The summed E-state index contributed by atoms with van der Waals surface area (Å²) in [7, 11) is 1.65. The summed E-state index contributed by atoms with van der Waals surface area (Å²) in [4.78, 5) is 2.27. The molecule has 0 saturated heterocycles. The van der Waals surface area contributed by atoms with Gasteiger partial charge in [0.1, 0.15) is 30.1 Å². The van der Waals surface area contributed by atoms with E-state index in [9.17, 15) is 0 Å². The molecule has 28 heavy (non-hydrogen) atoms. The second-order valence-electron chi connectivity index (χ2n) is 6.34. The number of allylic oxidation sites excluding steroid dienone is 1. The molecule has 0 spiro atoms. The monoisotopic (exact) mass is 375 g/mol. The molecule has 0 aliphatic heterocycles. The smallest absolute Gasteiger partial charge is 0.130 e. The summed E-state index contributed by atoms with van der Waals surface area (Å²) >= 11 is 0. The highest BCUT2D eigenvalue weighted by Crippen LogP contribution is 2.31. The number of rotatable bonds is 9. The van der Waals surface area contributed by atoms with Crippen molar-refractivity contribution < 1.29 is 9.47 Å². The van der Waals surface area contributed by atoms with E-state index in [1.54, 1.807) is 13.2 Å². The van der Waals surface area contributed by atoms with E-state index in [2.05, 4.69) is 18.7 Å². The molecule has 2 rings (SSSR count). The number of nitrogens with zero attached hydrogens (tertiary/aromatic N) is 3. The molecule has 0 aliphatic rings. The van der Waals surface area contributed by atoms with Crippen molar-refractivity contribution in [2.45, 2.75) is 26.3 Å². The van der Waals surface area contributed by atoms with E-state index in [0.29, 0.717) is 19.3 Å². The summed E-state index contributed by atoms with van der Waals surface area (Å²) in [5, 5.41) is 17.8. The Balaban J connectivity index is 2.26. The van der Waals surface area contributed by atoms with Crippen LogP contribution in [0.5, 0.6) is 5.75 Å². The van der Waals surface area contributed by atoms with Gasteiger partial charge in [-0.15, -0.1) is 0 Å². The molecule has 5 heteroatoms. The Bertz CT molecular complexity index is 843. The minimum atomic E-state index is 0.0931. The molecule has 0 radical (unpaired) electrons. The van der Waals surface area contributed by atoms with Crippen molar-refractivity contribution in [1.82, 2.24) is 0 Å². The van der Waals surface area contributed by atoms with Crippen molar-refractivity contribution in [3.8, 4) is 17.9 Å². The summed E-state index contributed by atoms with van der Waals surface area (Å²) in [5.41, 5.74) is 3.05. The zero-order valence-electron chi connectivity index (χ0n) is 16.6. The van der Waals surface area contributed by atoms with E-state index in [1.165, 1.54) is 0 Å². The number of nitriles is 2. The predicted molar refractivity (Wildman–Crippen MR) is 111 cm³/mol. The minimum absolute atomic E-state index is 0.0931. The summed E-state index contributed by atoms with van der Waals surface area (Å²) in [6, 6.07) is 19.9. The van der Waals surface area contributed by atoms with Gasteiger partial charge in [-0.1, -0.05) is 19.1 Å². The lowest BCUT2D eigenvalue weighted by atomic mass is 10.1. The summed E-state index contributed by atoms with van der Waals surface area (Å²) < 4.78 is 10.6.